The fourth-order valence-electron chi connectivity index (χ4n) is 4.54. The SMILES string of the molecule is CCCCNc1nccc(-c2c(-c3ccc(F)cc3)nn3c(N)nc(C4CCCC4)cc23)n1. The number of anilines is 2. The quantitative estimate of drug-likeness (QED) is 0.368. The summed E-state index contributed by atoms with van der Waals surface area (Å²) in [4.78, 5) is 13.8. The summed E-state index contributed by atoms with van der Waals surface area (Å²) in [5, 5.41) is 8.08. The number of nitrogens with one attached hydrogen (secondary N) is 1. The van der Waals surface area contributed by atoms with Crippen molar-refractivity contribution in [2.75, 3.05) is 17.6 Å². The minimum Gasteiger partial charge on any atom is -0.368 e. The summed E-state index contributed by atoms with van der Waals surface area (Å²) in [6, 6.07) is 10.3. The Hall–Kier alpha value is -3.55. The number of rotatable bonds is 7. The van der Waals surface area contributed by atoms with Crippen LogP contribution in [0.5, 0.6) is 0 Å². The third kappa shape index (κ3) is 4.25. The lowest BCUT2D eigenvalue weighted by atomic mass is 10.0. The molecule has 0 atom stereocenters. The average molecular weight is 446 g/mol. The molecule has 1 fully saturated rings. The average Bonchev–Trinajstić information content (AvgIpc) is 3.49. The largest absolute Gasteiger partial charge is 0.368 e. The molecule has 4 aromatic rings. The summed E-state index contributed by atoms with van der Waals surface area (Å²) in [5.74, 6) is 1.03. The number of fused-ring (bicyclic) bond motifs is 1. The number of benzene rings is 1. The van der Waals surface area contributed by atoms with E-state index < -0.39 is 0 Å². The zero-order chi connectivity index (χ0) is 22.8. The second-order valence-electron chi connectivity index (χ2n) is 8.59. The van der Waals surface area contributed by atoms with Gasteiger partial charge in [-0.05, 0) is 55.7 Å². The van der Waals surface area contributed by atoms with Gasteiger partial charge in [0.05, 0.1) is 16.8 Å². The van der Waals surface area contributed by atoms with Crippen LogP contribution in [0.25, 0.3) is 28.0 Å². The van der Waals surface area contributed by atoms with E-state index in [1.54, 1.807) is 22.8 Å². The maximum absolute atomic E-state index is 13.6. The number of nitrogen functional groups attached to an aromatic ring is 1. The van der Waals surface area contributed by atoms with E-state index in [9.17, 15) is 4.39 Å². The third-order valence-electron chi connectivity index (χ3n) is 6.28. The molecule has 0 bridgehead atoms. The van der Waals surface area contributed by atoms with Crippen molar-refractivity contribution < 1.29 is 4.39 Å². The van der Waals surface area contributed by atoms with Crippen LogP contribution in [0.2, 0.25) is 0 Å². The molecule has 3 aromatic heterocycles. The van der Waals surface area contributed by atoms with Crippen molar-refractivity contribution >= 4 is 17.4 Å². The maximum Gasteiger partial charge on any atom is 0.223 e. The molecule has 0 spiro atoms. The van der Waals surface area contributed by atoms with Gasteiger partial charge >= 0.3 is 0 Å². The molecule has 8 heteroatoms. The van der Waals surface area contributed by atoms with Crippen molar-refractivity contribution in [3.8, 4) is 22.5 Å². The van der Waals surface area contributed by atoms with Crippen LogP contribution in [0, 0.1) is 5.82 Å². The Morgan fingerprint density at radius 2 is 1.91 bits per heavy atom. The zero-order valence-corrected chi connectivity index (χ0v) is 18.8. The van der Waals surface area contributed by atoms with E-state index in [-0.39, 0.29) is 5.82 Å². The summed E-state index contributed by atoms with van der Waals surface area (Å²) >= 11 is 0. The van der Waals surface area contributed by atoms with E-state index in [2.05, 4.69) is 28.3 Å². The van der Waals surface area contributed by atoms with E-state index in [0.717, 1.165) is 60.3 Å². The normalized spacial score (nSPS) is 14.2. The summed E-state index contributed by atoms with van der Waals surface area (Å²) in [6.45, 7) is 2.95. The lowest BCUT2D eigenvalue weighted by molar-refractivity contribution is 0.628. The van der Waals surface area contributed by atoms with Gasteiger partial charge < -0.3 is 11.1 Å². The van der Waals surface area contributed by atoms with E-state index in [1.807, 2.05) is 6.07 Å². The van der Waals surface area contributed by atoms with Gasteiger partial charge in [0.25, 0.3) is 0 Å². The van der Waals surface area contributed by atoms with Gasteiger partial charge in [-0.1, -0.05) is 26.2 Å². The van der Waals surface area contributed by atoms with Crippen LogP contribution in [-0.4, -0.2) is 31.1 Å². The van der Waals surface area contributed by atoms with Crippen LogP contribution in [-0.2, 0) is 0 Å². The van der Waals surface area contributed by atoms with Gasteiger partial charge in [0.1, 0.15) is 11.5 Å². The second-order valence-corrected chi connectivity index (χ2v) is 8.59. The molecule has 1 aromatic carbocycles. The van der Waals surface area contributed by atoms with Crippen LogP contribution in [0.1, 0.15) is 57.1 Å². The Morgan fingerprint density at radius 3 is 2.67 bits per heavy atom. The first-order valence-corrected chi connectivity index (χ1v) is 11.7. The van der Waals surface area contributed by atoms with Gasteiger partial charge in [-0.3, -0.25) is 0 Å². The number of halogens is 1. The summed E-state index contributed by atoms with van der Waals surface area (Å²) in [6.07, 6.45) is 8.54. The Bertz CT molecular complexity index is 1260. The topological polar surface area (TPSA) is 94.0 Å². The monoisotopic (exact) mass is 445 g/mol. The molecule has 7 nitrogen and oxygen atoms in total. The van der Waals surface area contributed by atoms with Gasteiger partial charge in [0, 0.05) is 29.9 Å². The molecule has 0 amide bonds. The molecule has 1 aliphatic rings. The number of aromatic nitrogens is 5. The molecule has 1 saturated carbocycles. The van der Waals surface area contributed by atoms with E-state index in [1.165, 1.54) is 25.0 Å². The molecule has 0 aliphatic heterocycles. The minimum absolute atomic E-state index is 0.293. The first-order chi connectivity index (χ1) is 16.1. The molecule has 3 heterocycles. The molecule has 33 heavy (non-hydrogen) atoms. The summed E-state index contributed by atoms with van der Waals surface area (Å²) < 4.78 is 15.3. The fraction of sp³-hybridized carbons (Fsp3) is 0.360. The van der Waals surface area contributed by atoms with Gasteiger partial charge in [-0.15, -0.1) is 0 Å². The first kappa shape index (κ1) is 21.3. The van der Waals surface area contributed by atoms with Crippen LogP contribution < -0.4 is 11.1 Å². The molecule has 0 unspecified atom stereocenters. The molecule has 1 aliphatic carbocycles. The van der Waals surface area contributed by atoms with Crippen molar-refractivity contribution in [1.82, 2.24) is 24.6 Å². The van der Waals surface area contributed by atoms with Gasteiger partial charge in [0.2, 0.25) is 11.9 Å². The third-order valence-corrected chi connectivity index (χ3v) is 6.28. The molecular formula is C25H28FN7. The first-order valence-electron chi connectivity index (χ1n) is 11.7. The molecule has 0 saturated heterocycles. The number of hydrogen-bond acceptors (Lipinski definition) is 6. The Kier molecular flexibility index (Phi) is 5.90. The van der Waals surface area contributed by atoms with Crippen molar-refractivity contribution in [1.29, 1.82) is 0 Å². The molecule has 0 radical (unpaired) electrons. The predicted molar refractivity (Wildman–Crippen MR) is 128 cm³/mol. The van der Waals surface area contributed by atoms with Crippen molar-refractivity contribution in [2.24, 2.45) is 0 Å². The zero-order valence-electron chi connectivity index (χ0n) is 18.8. The second kappa shape index (κ2) is 9.13. The number of nitrogens with zero attached hydrogens (tertiary/aromatic N) is 5. The van der Waals surface area contributed by atoms with Crippen LogP contribution in [0.4, 0.5) is 16.3 Å². The summed E-state index contributed by atoms with van der Waals surface area (Å²) in [5.41, 5.74) is 11.3. The molecule has 170 valence electrons. The van der Waals surface area contributed by atoms with Crippen LogP contribution in [0.15, 0.2) is 42.6 Å². The van der Waals surface area contributed by atoms with Gasteiger partial charge in [0.15, 0.2) is 0 Å². The van der Waals surface area contributed by atoms with Crippen molar-refractivity contribution in [2.45, 2.75) is 51.4 Å². The van der Waals surface area contributed by atoms with E-state index in [0.29, 0.717) is 23.5 Å². The maximum atomic E-state index is 13.6. The highest BCUT2D eigenvalue weighted by atomic mass is 19.1. The number of hydrogen-bond donors (Lipinski definition) is 2. The highest BCUT2D eigenvalue weighted by Gasteiger charge is 2.24. The number of nitrogens with two attached hydrogens (primary N) is 1. The van der Waals surface area contributed by atoms with Crippen LogP contribution >= 0.6 is 0 Å². The Morgan fingerprint density at radius 1 is 1.12 bits per heavy atom. The van der Waals surface area contributed by atoms with Gasteiger partial charge in [-0.2, -0.15) is 9.61 Å². The Balaban J connectivity index is 1.69. The molecule has 3 N–H and O–H groups in total. The lowest BCUT2D eigenvalue weighted by Gasteiger charge is -2.11. The van der Waals surface area contributed by atoms with E-state index >= 15 is 0 Å². The van der Waals surface area contributed by atoms with E-state index in [4.69, 9.17) is 15.8 Å². The van der Waals surface area contributed by atoms with Crippen molar-refractivity contribution in [3.05, 3.63) is 54.1 Å². The minimum atomic E-state index is -0.293. The standard InChI is InChI=1S/C25H28FN7/c1-2-3-13-28-25-29-14-12-19(31-25)22-21-15-20(16-6-4-5-7-16)30-24(27)33(21)32-23(22)17-8-10-18(26)11-9-17/h8-12,14-16H,2-7,13H2,1H3,(H2,27,30)(H,28,29,31). The Labute approximate surface area is 192 Å². The van der Waals surface area contributed by atoms with Crippen LogP contribution in [0.3, 0.4) is 0 Å². The molecular weight excluding hydrogens is 417 g/mol. The number of unbranched alkanes of at least 4 members (excludes halogenated alkanes) is 1. The summed E-state index contributed by atoms with van der Waals surface area (Å²) in [7, 11) is 0. The highest BCUT2D eigenvalue weighted by Crippen LogP contribution is 2.38. The van der Waals surface area contributed by atoms with Gasteiger partial charge in [-0.25, -0.2) is 19.3 Å². The van der Waals surface area contributed by atoms with Crippen molar-refractivity contribution in [3.63, 3.8) is 0 Å². The predicted octanol–water partition coefficient (Wildman–Crippen LogP) is 5.44. The highest BCUT2D eigenvalue weighted by molar-refractivity contribution is 5.91. The molecule has 5 rings (SSSR count). The lowest BCUT2D eigenvalue weighted by Crippen LogP contribution is -2.07. The fourth-order valence-corrected chi connectivity index (χ4v) is 4.54. The smallest absolute Gasteiger partial charge is 0.223 e.